The molecule has 2 heterocycles. The predicted octanol–water partition coefficient (Wildman–Crippen LogP) is 4.12. The van der Waals surface area contributed by atoms with Crippen molar-refractivity contribution in [3.8, 4) is 5.75 Å². The Morgan fingerprint density at radius 3 is 2.48 bits per heavy atom. The minimum absolute atomic E-state index is 0.0781. The van der Waals surface area contributed by atoms with Crippen LogP contribution in [0.1, 0.15) is 25.6 Å². The molecule has 4 rings (SSSR count). The second kappa shape index (κ2) is 8.77. The number of halogens is 1. The highest BCUT2D eigenvalue weighted by molar-refractivity contribution is 7.18. The molecular weight excluding hydrogens is 417 g/mol. The summed E-state index contributed by atoms with van der Waals surface area (Å²) < 4.78 is 13.4. The number of nitrogens with zero attached hydrogens (tertiary/aromatic N) is 2. The van der Waals surface area contributed by atoms with E-state index < -0.39 is 11.7 Å². The third kappa shape index (κ3) is 4.54. The summed E-state index contributed by atoms with van der Waals surface area (Å²) in [4.78, 5) is 29.8. The fraction of sp³-hybridized carbons (Fsp3) is 0.217. The summed E-state index contributed by atoms with van der Waals surface area (Å²) >= 11 is 1.22. The third-order valence-electron chi connectivity index (χ3n) is 5.22. The number of rotatable bonds is 4. The monoisotopic (exact) mass is 439 g/mol. The van der Waals surface area contributed by atoms with Crippen LogP contribution >= 0.6 is 11.3 Å². The number of amides is 2. The number of thiophene rings is 1. The molecule has 1 saturated heterocycles. The molecular formula is C23H22FN3O3S. The Bertz CT molecular complexity index is 1120. The van der Waals surface area contributed by atoms with E-state index in [9.17, 15) is 19.1 Å². The van der Waals surface area contributed by atoms with Gasteiger partial charge in [0.2, 0.25) is 0 Å². The van der Waals surface area contributed by atoms with Gasteiger partial charge in [0.25, 0.3) is 11.8 Å². The van der Waals surface area contributed by atoms with Crippen molar-refractivity contribution in [3.63, 3.8) is 0 Å². The number of anilines is 2. The van der Waals surface area contributed by atoms with Crippen LogP contribution < -0.4 is 10.2 Å². The molecule has 1 aliphatic rings. The van der Waals surface area contributed by atoms with Crippen LogP contribution in [0.15, 0.2) is 54.6 Å². The van der Waals surface area contributed by atoms with Gasteiger partial charge < -0.3 is 20.2 Å². The standard InChI is InChI=1S/C23H22FN3O3S/c1-15-13-20(25-22(29)16-5-4-6-17(24)14-16)31-21(15)23(30)27-11-9-26(10-12-27)18-7-2-3-8-19(18)28/h2-8,13-14,28H,9-12H2,1H3,(H,25,29). The van der Waals surface area contributed by atoms with Gasteiger partial charge in [-0.25, -0.2) is 4.39 Å². The molecule has 0 atom stereocenters. The lowest BCUT2D eigenvalue weighted by Gasteiger charge is -2.36. The second-order valence-corrected chi connectivity index (χ2v) is 8.41. The van der Waals surface area contributed by atoms with Crippen LogP contribution in [0.5, 0.6) is 5.75 Å². The zero-order valence-corrected chi connectivity index (χ0v) is 17.8. The summed E-state index contributed by atoms with van der Waals surface area (Å²) in [6.07, 6.45) is 0. The molecule has 0 saturated carbocycles. The molecule has 2 amide bonds. The van der Waals surface area contributed by atoms with E-state index in [1.807, 2.05) is 19.1 Å². The topological polar surface area (TPSA) is 72.9 Å². The number of nitrogens with one attached hydrogen (secondary N) is 1. The number of hydrogen-bond donors (Lipinski definition) is 2. The Labute approximate surface area is 183 Å². The van der Waals surface area contributed by atoms with E-state index >= 15 is 0 Å². The van der Waals surface area contributed by atoms with E-state index in [0.29, 0.717) is 36.1 Å². The Morgan fingerprint density at radius 1 is 1.03 bits per heavy atom. The number of aromatic hydroxyl groups is 1. The van der Waals surface area contributed by atoms with Crippen LogP contribution in [0, 0.1) is 12.7 Å². The fourth-order valence-corrected chi connectivity index (χ4v) is 4.63. The van der Waals surface area contributed by atoms with E-state index in [4.69, 9.17) is 0 Å². The molecule has 6 nitrogen and oxygen atoms in total. The van der Waals surface area contributed by atoms with Crippen molar-refractivity contribution < 1.29 is 19.1 Å². The molecule has 1 aromatic heterocycles. The Morgan fingerprint density at radius 2 is 1.77 bits per heavy atom. The molecule has 2 N–H and O–H groups in total. The van der Waals surface area contributed by atoms with Crippen molar-refractivity contribution in [3.05, 3.63) is 76.4 Å². The van der Waals surface area contributed by atoms with Gasteiger partial charge in [-0.05, 0) is 48.9 Å². The quantitative estimate of drug-likeness (QED) is 0.642. The fourth-order valence-electron chi connectivity index (χ4n) is 3.60. The molecule has 2 aromatic carbocycles. The molecule has 0 radical (unpaired) electrons. The summed E-state index contributed by atoms with van der Waals surface area (Å²) in [5.74, 6) is -0.745. The van der Waals surface area contributed by atoms with Crippen LogP contribution in [0.3, 0.4) is 0 Å². The van der Waals surface area contributed by atoms with Gasteiger partial charge in [-0.2, -0.15) is 0 Å². The smallest absolute Gasteiger partial charge is 0.264 e. The number of benzene rings is 2. The molecule has 1 aliphatic heterocycles. The summed E-state index contributed by atoms with van der Waals surface area (Å²) in [6, 6.07) is 14.4. The maximum atomic E-state index is 13.4. The molecule has 3 aromatic rings. The van der Waals surface area contributed by atoms with Crippen molar-refractivity contribution in [2.24, 2.45) is 0 Å². The molecule has 0 unspecified atom stereocenters. The summed E-state index contributed by atoms with van der Waals surface area (Å²) in [7, 11) is 0. The first-order valence-corrected chi connectivity index (χ1v) is 10.7. The van der Waals surface area contributed by atoms with Gasteiger partial charge in [-0.15, -0.1) is 11.3 Å². The van der Waals surface area contributed by atoms with Gasteiger partial charge in [0, 0.05) is 31.7 Å². The van der Waals surface area contributed by atoms with E-state index in [0.717, 1.165) is 11.3 Å². The molecule has 8 heteroatoms. The van der Waals surface area contributed by atoms with Crippen LogP contribution in [-0.4, -0.2) is 48.0 Å². The first-order chi connectivity index (χ1) is 14.9. The van der Waals surface area contributed by atoms with Crippen LogP contribution in [0.4, 0.5) is 15.1 Å². The minimum atomic E-state index is -0.478. The first-order valence-electron chi connectivity index (χ1n) is 9.92. The number of carbonyl (C=O) groups is 2. The zero-order valence-electron chi connectivity index (χ0n) is 17.0. The van der Waals surface area contributed by atoms with Crippen molar-refractivity contribution >= 4 is 33.8 Å². The van der Waals surface area contributed by atoms with Crippen molar-refractivity contribution in [2.75, 3.05) is 36.4 Å². The van der Waals surface area contributed by atoms with Crippen molar-refractivity contribution in [1.29, 1.82) is 0 Å². The molecule has 31 heavy (non-hydrogen) atoms. The summed E-state index contributed by atoms with van der Waals surface area (Å²) in [5, 5.41) is 13.3. The Hall–Kier alpha value is -3.39. The largest absolute Gasteiger partial charge is 0.506 e. The number of carbonyl (C=O) groups excluding carboxylic acids is 2. The van der Waals surface area contributed by atoms with Crippen molar-refractivity contribution in [1.82, 2.24) is 4.90 Å². The number of hydrogen-bond acceptors (Lipinski definition) is 5. The lowest BCUT2D eigenvalue weighted by molar-refractivity contribution is 0.0750. The molecule has 160 valence electrons. The van der Waals surface area contributed by atoms with Gasteiger partial charge in [-0.1, -0.05) is 18.2 Å². The lowest BCUT2D eigenvalue weighted by Crippen LogP contribution is -2.48. The van der Waals surface area contributed by atoms with Gasteiger partial charge in [0.1, 0.15) is 11.6 Å². The number of piperazine rings is 1. The van der Waals surface area contributed by atoms with Gasteiger partial charge >= 0.3 is 0 Å². The minimum Gasteiger partial charge on any atom is -0.506 e. The highest BCUT2D eigenvalue weighted by Gasteiger charge is 2.26. The van der Waals surface area contributed by atoms with Crippen LogP contribution in [0.25, 0.3) is 0 Å². The average molecular weight is 440 g/mol. The Kier molecular flexibility index (Phi) is 5.90. The van der Waals surface area contributed by atoms with Gasteiger partial charge in [0.05, 0.1) is 15.6 Å². The SMILES string of the molecule is Cc1cc(NC(=O)c2cccc(F)c2)sc1C(=O)N1CCN(c2ccccc2O)CC1. The lowest BCUT2D eigenvalue weighted by atomic mass is 10.2. The predicted molar refractivity (Wildman–Crippen MR) is 120 cm³/mol. The second-order valence-electron chi connectivity index (χ2n) is 7.36. The molecule has 0 bridgehead atoms. The third-order valence-corrected chi connectivity index (χ3v) is 6.37. The maximum Gasteiger partial charge on any atom is 0.264 e. The maximum absolute atomic E-state index is 13.4. The van der Waals surface area contributed by atoms with E-state index in [2.05, 4.69) is 10.2 Å². The van der Waals surface area contributed by atoms with Gasteiger partial charge in [0.15, 0.2) is 0 Å². The van der Waals surface area contributed by atoms with Gasteiger partial charge in [-0.3, -0.25) is 9.59 Å². The summed E-state index contributed by atoms with van der Waals surface area (Å²) in [5.41, 5.74) is 1.77. The van der Waals surface area contributed by atoms with E-state index in [1.54, 1.807) is 23.1 Å². The Balaban J connectivity index is 1.41. The van der Waals surface area contributed by atoms with Crippen LogP contribution in [0.2, 0.25) is 0 Å². The van der Waals surface area contributed by atoms with E-state index in [-0.39, 0.29) is 17.2 Å². The average Bonchev–Trinajstić information content (AvgIpc) is 3.13. The van der Waals surface area contributed by atoms with Crippen LogP contribution in [-0.2, 0) is 0 Å². The number of aryl methyl sites for hydroxylation is 1. The molecule has 0 spiro atoms. The van der Waals surface area contributed by atoms with Crippen molar-refractivity contribution in [2.45, 2.75) is 6.92 Å². The highest BCUT2D eigenvalue weighted by Crippen LogP contribution is 2.30. The molecule has 0 aliphatic carbocycles. The molecule has 1 fully saturated rings. The number of phenols is 1. The van der Waals surface area contributed by atoms with E-state index in [1.165, 1.54) is 35.6 Å². The highest BCUT2D eigenvalue weighted by atomic mass is 32.1. The zero-order chi connectivity index (χ0) is 22.0. The number of phenolic OH excluding ortho intramolecular Hbond substituents is 1. The first kappa shape index (κ1) is 20.9. The summed E-state index contributed by atoms with van der Waals surface area (Å²) in [6.45, 7) is 4.15. The number of para-hydroxylation sites is 2. The normalized spacial score (nSPS) is 13.9.